The summed E-state index contributed by atoms with van der Waals surface area (Å²) in [6.07, 6.45) is 7.24. The van der Waals surface area contributed by atoms with Crippen molar-refractivity contribution < 1.29 is 9.18 Å². The number of hydrogen-bond acceptors (Lipinski definition) is 3. The van der Waals surface area contributed by atoms with E-state index in [1.165, 1.54) is 6.92 Å². The number of rotatable bonds is 10. The maximum Gasteiger partial charge on any atom is 0.141 e. The number of benzene rings is 1. The van der Waals surface area contributed by atoms with Gasteiger partial charge in [-0.15, -0.1) is 0 Å². The van der Waals surface area contributed by atoms with Gasteiger partial charge in [0, 0.05) is 35.4 Å². The van der Waals surface area contributed by atoms with E-state index >= 15 is 0 Å². The van der Waals surface area contributed by atoms with Crippen molar-refractivity contribution in [3.8, 4) is 0 Å². The van der Waals surface area contributed by atoms with Gasteiger partial charge in [-0.2, -0.15) is 0 Å². The number of carbonyl (C=O) groups is 1. The van der Waals surface area contributed by atoms with Gasteiger partial charge in [-0.3, -0.25) is 4.99 Å². The molecule has 0 atom stereocenters. The van der Waals surface area contributed by atoms with Crippen LogP contribution in [0, 0.1) is 0 Å². The summed E-state index contributed by atoms with van der Waals surface area (Å²) in [6, 6.07) is 5.44. The summed E-state index contributed by atoms with van der Waals surface area (Å²) >= 11 is 6.28. The Bertz CT molecular complexity index is 862. The lowest BCUT2D eigenvalue weighted by molar-refractivity contribution is -0.106. The van der Waals surface area contributed by atoms with E-state index < -0.39 is 5.83 Å². The Labute approximate surface area is 192 Å². The molecule has 0 amide bonds. The van der Waals surface area contributed by atoms with Crippen LogP contribution in [0.4, 0.5) is 10.1 Å². The highest BCUT2D eigenvalue weighted by Gasteiger charge is 2.22. The summed E-state index contributed by atoms with van der Waals surface area (Å²) < 4.78 is 14.8. The van der Waals surface area contributed by atoms with E-state index in [1.807, 2.05) is 59.0 Å². The molecule has 0 unspecified atom stereocenters. The van der Waals surface area contributed by atoms with E-state index in [4.69, 9.17) is 11.6 Å². The van der Waals surface area contributed by atoms with E-state index in [-0.39, 0.29) is 12.1 Å². The molecular weight excluding hydrogens is 411 g/mol. The summed E-state index contributed by atoms with van der Waals surface area (Å²) in [5.74, 6) is -0.424. The number of carbonyl (C=O) groups excluding carboxylic acids is 1. The normalized spacial score (nSPS) is 12.8. The zero-order chi connectivity index (χ0) is 24.0. The minimum Gasteiger partial charge on any atom is -0.374 e. The second-order valence-electron chi connectivity index (χ2n) is 6.57. The molecule has 5 heteroatoms. The van der Waals surface area contributed by atoms with Crippen molar-refractivity contribution in [1.82, 2.24) is 0 Å². The lowest BCUT2D eigenvalue weighted by Gasteiger charge is -2.24. The maximum atomic E-state index is 14.8. The highest BCUT2D eigenvalue weighted by Crippen LogP contribution is 2.32. The number of nitrogens with zero attached hydrogens (tertiary/aromatic N) is 2. The van der Waals surface area contributed by atoms with E-state index in [1.54, 1.807) is 12.1 Å². The molecule has 0 saturated carbocycles. The first-order valence-corrected chi connectivity index (χ1v) is 11.0. The zero-order valence-electron chi connectivity index (χ0n) is 19.9. The largest absolute Gasteiger partial charge is 0.374 e. The SMILES string of the molecule is C=C(/C(C(=NCC=O)c1cc(Cl)ccc1N(C)CCC)=C(\C)F)C(/C=C\C)=C/C.CC. The molecule has 0 N–H and O–H groups in total. The van der Waals surface area contributed by atoms with Crippen molar-refractivity contribution in [2.75, 3.05) is 25.0 Å². The first-order chi connectivity index (χ1) is 14.8. The summed E-state index contributed by atoms with van der Waals surface area (Å²) in [4.78, 5) is 17.6. The second-order valence-corrected chi connectivity index (χ2v) is 7.01. The fourth-order valence-corrected chi connectivity index (χ4v) is 3.30. The minimum atomic E-state index is -0.424. The predicted molar refractivity (Wildman–Crippen MR) is 135 cm³/mol. The molecule has 170 valence electrons. The molecule has 0 aliphatic rings. The minimum absolute atomic E-state index is 0.0857. The van der Waals surface area contributed by atoms with E-state index in [2.05, 4.69) is 23.4 Å². The number of halogens is 2. The number of allylic oxidation sites excluding steroid dienone is 7. The quantitative estimate of drug-likeness (QED) is 0.211. The Hall–Kier alpha value is -2.46. The van der Waals surface area contributed by atoms with Gasteiger partial charge in [-0.05, 0) is 56.5 Å². The average molecular weight is 447 g/mol. The second kappa shape index (κ2) is 15.4. The number of aliphatic imine (C=N–C) groups is 1. The Morgan fingerprint density at radius 1 is 1.29 bits per heavy atom. The topological polar surface area (TPSA) is 32.7 Å². The third-order valence-corrected chi connectivity index (χ3v) is 4.63. The first kappa shape index (κ1) is 28.5. The third kappa shape index (κ3) is 8.29. The fourth-order valence-electron chi connectivity index (χ4n) is 3.12. The molecule has 0 aromatic heterocycles. The summed E-state index contributed by atoms with van der Waals surface area (Å²) in [7, 11) is 1.96. The third-order valence-electron chi connectivity index (χ3n) is 4.40. The van der Waals surface area contributed by atoms with Crippen molar-refractivity contribution in [2.45, 2.75) is 48.0 Å². The average Bonchev–Trinajstić information content (AvgIpc) is 2.75. The molecule has 1 rings (SSSR count). The van der Waals surface area contributed by atoms with Gasteiger partial charge < -0.3 is 9.69 Å². The van der Waals surface area contributed by atoms with E-state index in [0.717, 1.165) is 24.2 Å². The van der Waals surface area contributed by atoms with Crippen molar-refractivity contribution in [3.05, 3.63) is 76.1 Å². The zero-order valence-corrected chi connectivity index (χ0v) is 20.7. The van der Waals surface area contributed by atoms with Gasteiger partial charge in [-0.1, -0.05) is 57.2 Å². The van der Waals surface area contributed by atoms with Gasteiger partial charge in [0.15, 0.2) is 0 Å². The van der Waals surface area contributed by atoms with Crippen LogP contribution in [-0.4, -0.2) is 32.1 Å². The Balaban J connectivity index is 0.00000436. The van der Waals surface area contributed by atoms with Gasteiger partial charge >= 0.3 is 0 Å². The summed E-state index contributed by atoms with van der Waals surface area (Å²) in [6.45, 7) is 16.1. The van der Waals surface area contributed by atoms with Crippen LogP contribution in [0.15, 0.2) is 70.5 Å². The molecule has 0 fully saturated rings. The van der Waals surface area contributed by atoms with Gasteiger partial charge in [0.05, 0.1) is 12.3 Å². The fraction of sp³-hybridized carbons (Fsp3) is 0.385. The number of anilines is 1. The summed E-state index contributed by atoms with van der Waals surface area (Å²) in [5.41, 5.74) is 3.45. The first-order valence-electron chi connectivity index (χ1n) is 10.7. The standard InChI is InChI=1S/C24H30ClFN2O.C2H6/c1-7-10-19(9-3)17(4)23(18(5)26)24(27-13-15-29)21-16-20(25)11-12-22(21)28(6)14-8-2;1-2/h7,9-12,15-16H,4,8,13-14H2,1-3,5-6H3;1-2H3/b10-7-,19-9+,23-18-,27-24?;. The predicted octanol–water partition coefficient (Wildman–Crippen LogP) is 7.52. The Morgan fingerprint density at radius 2 is 1.94 bits per heavy atom. The Morgan fingerprint density at radius 3 is 2.42 bits per heavy atom. The molecule has 1 aromatic rings. The van der Waals surface area contributed by atoms with Crippen LogP contribution in [0.3, 0.4) is 0 Å². The molecule has 0 bridgehead atoms. The molecule has 1 aromatic carbocycles. The van der Waals surface area contributed by atoms with Crippen LogP contribution >= 0.6 is 11.6 Å². The van der Waals surface area contributed by atoms with Gasteiger partial charge in [0.1, 0.15) is 12.1 Å². The van der Waals surface area contributed by atoms with Gasteiger partial charge in [0.2, 0.25) is 0 Å². The van der Waals surface area contributed by atoms with Crippen molar-refractivity contribution in [2.24, 2.45) is 4.99 Å². The summed E-state index contributed by atoms with van der Waals surface area (Å²) in [5, 5.41) is 0.508. The molecule has 31 heavy (non-hydrogen) atoms. The molecule has 0 aliphatic carbocycles. The van der Waals surface area contributed by atoms with Crippen LogP contribution in [0.1, 0.15) is 53.5 Å². The molecule has 0 heterocycles. The monoisotopic (exact) mass is 446 g/mol. The number of hydrogen-bond donors (Lipinski definition) is 0. The van der Waals surface area contributed by atoms with Crippen molar-refractivity contribution in [1.29, 1.82) is 0 Å². The molecule has 0 radical (unpaired) electrons. The van der Waals surface area contributed by atoms with Crippen LogP contribution in [-0.2, 0) is 4.79 Å². The van der Waals surface area contributed by atoms with Crippen LogP contribution in [0.2, 0.25) is 5.02 Å². The molecule has 0 spiro atoms. The van der Waals surface area contributed by atoms with E-state index in [0.29, 0.717) is 28.2 Å². The smallest absolute Gasteiger partial charge is 0.141 e. The molecular formula is C26H36ClFN2O. The highest BCUT2D eigenvalue weighted by molar-refractivity contribution is 6.31. The number of aldehydes is 1. The molecule has 0 saturated heterocycles. The maximum absolute atomic E-state index is 14.8. The molecule has 0 aliphatic heterocycles. The van der Waals surface area contributed by atoms with Gasteiger partial charge in [-0.25, -0.2) is 4.39 Å². The van der Waals surface area contributed by atoms with Crippen molar-refractivity contribution in [3.63, 3.8) is 0 Å². The highest BCUT2D eigenvalue weighted by atomic mass is 35.5. The van der Waals surface area contributed by atoms with Crippen LogP contribution in [0.25, 0.3) is 0 Å². The van der Waals surface area contributed by atoms with E-state index in [9.17, 15) is 9.18 Å². The van der Waals surface area contributed by atoms with Crippen LogP contribution in [0.5, 0.6) is 0 Å². The lowest BCUT2D eigenvalue weighted by Crippen LogP contribution is -2.22. The van der Waals surface area contributed by atoms with Crippen molar-refractivity contribution >= 4 is 29.3 Å². The lowest BCUT2D eigenvalue weighted by atomic mass is 9.90. The molecule has 3 nitrogen and oxygen atoms in total. The van der Waals surface area contributed by atoms with Crippen LogP contribution < -0.4 is 4.90 Å². The Kier molecular flexibility index (Phi) is 14.1. The van der Waals surface area contributed by atoms with Gasteiger partial charge in [0.25, 0.3) is 0 Å².